The van der Waals surface area contributed by atoms with Crippen LogP contribution in [0, 0.1) is 0 Å². The standard InChI is InChI=1S/C16H16ClN3S/c1-10(17)16-19-12-9-18-7-5-14(12)20(16)13-3-2-4-15-11(13)6-8-21-15/h5-10,13H,2-4H2,1H3. The van der Waals surface area contributed by atoms with E-state index < -0.39 is 0 Å². The number of imidazole rings is 1. The number of thiophene rings is 1. The largest absolute Gasteiger partial charge is 0.319 e. The monoisotopic (exact) mass is 317 g/mol. The average molecular weight is 318 g/mol. The molecule has 5 heteroatoms. The maximum absolute atomic E-state index is 6.40. The van der Waals surface area contributed by atoms with Gasteiger partial charge in [-0.3, -0.25) is 4.98 Å². The Bertz CT molecular complexity index is 790. The van der Waals surface area contributed by atoms with Gasteiger partial charge >= 0.3 is 0 Å². The number of alkyl halides is 1. The van der Waals surface area contributed by atoms with Crippen molar-refractivity contribution in [2.75, 3.05) is 0 Å². The summed E-state index contributed by atoms with van der Waals surface area (Å²) in [5, 5.41) is 2.09. The van der Waals surface area contributed by atoms with Crippen LogP contribution < -0.4 is 0 Å². The number of hydrogen-bond acceptors (Lipinski definition) is 3. The topological polar surface area (TPSA) is 30.7 Å². The summed E-state index contributed by atoms with van der Waals surface area (Å²) in [6, 6.07) is 4.66. The number of rotatable bonds is 2. The van der Waals surface area contributed by atoms with Crippen molar-refractivity contribution in [1.82, 2.24) is 14.5 Å². The van der Waals surface area contributed by atoms with Crippen LogP contribution in [0.1, 0.15) is 47.4 Å². The Labute approximate surface area is 132 Å². The Morgan fingerprint density at radius 1 is 1.43 bits per heavy atom. The maximum Gasteiger partial charge on any atom is 0.128 e. The quantitative estimate of drug-likeness (QED) is 0.640. The van der Waals surface area contributed by atoms with Crippen LogP contribution in [0.3, 0.4) is 0 Å². The first-order valence-electron chi connectivity index (χ1n) is 7.28. The van der Waals surface area contributed by atoms with Gasteiger partial charge in [-0.15, -0.1) is 22.9 Å². The van der Waals surface area contributed by atoms with Crippen LogP contribution in [0.25, 0.3) is 11.0 Å². The fourth-order valence-corrected chi connectivity index (χ4v) is 4.44. The van der Waals surface area contributed by atoms with E-state index in [0.29, 0.717) is 6.04 Å². The van der Waals surface area contributed by atoms with E-state index >= 15 is 0 Å². The van der Waals surface area contributed by atoms with Crippen molar-refractivity contribution >= 4 is 34.0 Å². The number of pyridine rings is 1. The number of fused-ring (bicyclic) bond motifs is 2. The van der Waals surface area contributed by atoms with Crippen LogP contribution >= 0.6 is 22.9 Å². The summed E-state index contributed by atoms with van der Waals surface area (Å²) < 4.78 is 2.33. The van der Waals surface area contributed by atoms with Crippen molar-refractivity contribution in [2.45, 2.75) is 37.6 Å². The minimum absolute atomic E-state index is 0.110. The summed E-state index contributed by atoms with van der Waals surface area (Å²) in [4.78, 5) is 10.4. The Hall–Kier alpha value is -1.39. The lowest BCUT2D eigenvalue weighted by molar-refractivity contribution is 0.489. The van der Waals surface area contributed by atoms with E-state index in [1.807, 2.05) is 36.7 Å². The highest BCUT2D eigenvalue weighted by Crippen LogP contribution is 2.39. The van der Waals surface area contributed by atoms with Crippen molar-refractivity contribution in [3.63, 3.8) is 0 Å². The normalized spacial score (nSPS) is 19.6. The first-order valence-corrected chi connectivity index (χ1v) is 8.59. The molecule has 0 fully saturated rings. The first-order chi connectivity index (χ1) is 10.3. The molecule has 0 saturated carbocycles. The zero-order valence-electron chi connectivity index (χ0n) is 11.8. The average Bonchev–Trinajstić information content (AvgIpc) is 3.11. The highest BCUT2D eigenvalue weighted by atomic mass is 35.5. The number of aromatic nitrogens is 3. The van der Waals surface area contributed by atoms with Gasteiger partial charge in [0, 0.05) is 11.1 Å². The van der Waals surface area contributed by atoms with E-state index in [1.54, 1.807) is 0 Å². The molecular weight excluding hydrogens is 302 g/mol. The van der Waals surface area contributed by atoms with Gasteiger partial charge in [0.1, 0.15) is 11.3 Å². The molecule has 0 aliphatic heterocycles. The second-order valence-electron chi connectivity index (χ2n) is 5.53. The molecule has 108 valence electrons. The molecule has 21 heavy (non-hydrogen) atoms. The summed E-state index contributed by atoms with van der Waals surface area (Å²) in [6.45, 7) is 1.99. The van der Waals surface area contributed by atoms with Gasteiger partial charge in [-0.25, -0.2) is 4.98 Å². The zero-order chi connectivity index (χ0) is 14.4. The minimum Gasteiger partial charge on any atom is -0.319 e. The Balaban J connectivity index is 1.97. The van der Waals surface area contributed by atoms with Gasteiger partial charge in [0.15, 0.2) is 0 Å². The van der Waals surface area contributed by atoms with E-state index in [1.165, 1.54) is 23.3 Å². The zero-order valence-corrected chi connectivity index (χ0v) is 13.4. The second kappa shape index (κ2) is 5.11. The highest BCUT2D eigenvalue weighted by molar-refractivity contribution is 7.10. The van der Waals surface area contributed by atoms with E-state index in [-0.39, 0.29) is 5.38 Å². The molecule has 0 amide bonds. The fourth-order valence-electron chi connectivity index (χ4n) is 3.31. The third-order valence-corrected chi connectivity index (χ3v) is 5.40. The molecular formula is C16H16ClN3S. The molecule has 0 saturated heterocycles. The molecule has 3 aromatic rings. The van der Waals surface area contributed by atoms with E-state index in [2.05, 4.69) is 21.0 Å². The molecule has 0 aromatic carbocycles. The fraction of sp³-hybridized carbons (Fsp3) is 0.375. The number of nitrogens with zero attached hydrogens (tertiary/aromatic N) is 3. The van der Waals surface area contributed by atoms with Crippen LogP contribution in [0.15, 0.2) is 29.9 Å². The lowest BCUT2D eigenvalue weighted by Gasteiger charge is -2.26. The Morgan fingerprint density at radius 2 is 2.33 bits per heavy atom. The highest BCUT2D eigenvalue weighted by Gasteiger charge is 2.27. The molecule has 1 aliphatic rings. The Morgan fingerprint density at radius 3 is 3.19 bits per heavy atom. The summed E-state index contributed by atoms with van der Waals surface area (Å²) >= 11 is 8.27. The van der Waals surface area contributed by atoms with Gasteiger partial charge < -0.3 is 4.57 Å². The van der Waals surface area contributed by atoms with Crippen molar-refractivity contribution in [3.8, 4) is 0 Å². The molecule has 3 nitrogen and oxygen atoms in total. The molecule has 0 N–H and O–H groups in total. The van der Waals surface area contributed by atoms with Gasteiger partial charge in [0.05, 0.1) is 23.1 Å². The third kappa shape index (κ3) is 2.09. The van der Waals surface area contributed by atoms with Crippen LogP contribution in [0.5, 0.6) is 0 Å². The summed E-state index contributed by atoms with van der Waals surface area (Å²) in [6.07, 6.45) is 7.23. The molecule has 4 rings (SSSR count). The number of halogens is 1. The molecule has 0 bridgehead atoms. The molecule has 0 spiro atoms. The minimum atomic E-state index is -0.110. The van der Waals surface area contributed by atoms with E-state index in [0.717, 1.165) is 23.3 Å². The summed E-state index contributed by atoms with van der Waals surface area (Å²) in [5.74, 6) is 0.948. The molecule has 3 aromatic heterocycles. The SMILES string of the molecule is CC(Cl)c1nc2cnccc2n1C1CCCc2sccc21. The van der Waals surface area contributed by atoms with Gasteiger partial charge in [-0.1, -0.05) is 0 Å². The molecule has 0 radical (unpaired) electrons. The predicted molar refractivity (Wildman–Crippen MR) is 87.2 cm³/mol. The number of hydrogen-bond donors (Lipinski definition) is 0. The molecule has 3 heterocycles. The van der Waals surface area contributed by atoms with Gasteiger partial charge in [0.2, 0.25) is 0 Å². The maximum atomic E-state index is 6.40. The molecule has 2 unspecified atom stereocenters. The van der Waals surface area contributed by atoms with Crippen molar-refractivity contribution in [1.29, 1.82) is 0 Å². The molecule has 2 atom stereocenters. The lowest BCUT2D eigenvalue weighted by atomic mass is 9.93. The van der Waals surface area contributed by atoms with Crippen LogP contribution in [-0.2, 0) is 6.42 Å². The van der Waals surface area contributed by atoms with Crippen molar-refractivity contribution in [3.05, 3.63) is 46.2 Å². The van der Waals surface area contributed by atoms with Crippen LogP contribution in [-0.4, -0.2) is 14.5 Å². The van der Waals surface area contributed by atoms with E-state index in [9.17, 15) is 0 Å². The predicted octanol–water partition coefficient (Wildman–Crippen LogP) is 4.72. The van der Waals surface area contributed by atoms with E-state index in [4.69, 9.17) is 16.6 Å². The van der Waals surface area contributed by atoms with Gasteiger partial charge in [0.25, 0.3) is 0 Å². The smallest absolute Gasteiger partial charge is 0.128 e. The molecule has 1 aliphatic carbocycles. The Kier molecular flexibility index (Phi) is 3.23. The number of aryl methyl sites for hydroxylation is 1. The summed E-state index contributed by atoms with van der Waals surface area (Å²) in [7, 11) is 0. The van der Waals surface area contributed by atoms with Crippen LogP contribution in [0.4, 0.5) is 0 Å². The summed E-state index contributed by atoms with van der Waals surface area (Å²) in [5.41, 5.74) is 3.51. The first kappa shape index (κ1) is 13.3. The second-order valence-corrected chi connectivity index (χ2v) is 7.18. The lowest BCUT2D eigenvalue weighted by Crippen LogP contribution is -2.18. The third-order valence-electron chi connectivity index (χ3n) is 4.21. The van der Waals surface area contributed by atoms with Gasteiger partial charge in [-0.2, -0.15) is 0 Å². The van der Waals surface area contributed by atoms with Gasteiger partial charge in [-0.05, 0) is 49.3 Å². The van der Waals surface area contributed by atoms with Crippen molar-refractivity contribution < 1.29 is 0 Å². The van der Waals surface area contributed by atoms with Crippen LogP contribution in [0.2, 0.25) is 0 Å². The van der Waals surface area contributed by atoms with Crippen molar-refractivity contribution in [2.24, 2.45) is 0 Å².